The first-order valence-corrected chi connectivity index (χ1v) is 7.55. The van der Waals surface area contributed by atoms with Gasteiger partial charge >= 0.3 is 0 Å². The maximum atomic E-state index is 6.02. The summed E-state index contributed by atoms with van der Waals surface area (Å²) in [6, 6.07) is 5.78. The molecule has 0 bridgehead atoms. The molecule has 0 aliphatic rings. The van der Waals surface area contributed by atoms with Gasteiger partial charge in [-0.3, -0.25) is 4.57 Å². The molecule has 2 N–H and O–H groups in total. The van der Waals surface area contributed by atoms with Crippen molar-refractivity contribution in [3.63, 3.8) is 0 Å². The molecule has 0 fully saturated rings. The summed E-state index contributed by atoms with van der Waals surface area (Å²) in [7, 11) is 1.64. The van der Waals surface area contributed by atoms with Crippen LogP contribution in [0.25, 0.3) is 0 Å². The van der Waals surface area contributed by atoms with Crippen molar-refractivity contribution in [3.8, 4) is 5.75 Å². The Kier molecular flexibility index (Phi) is 4.77. The van der Waals surface area contributed by atoms with Crippen molar-refractivity contribution >= 4 is 29.3 Å². The van der Waals surface area contributed by atoms with Crippen molar-refractivity contribution in [2.24, 2.45) is 0 Å². The minimum Gasteiger partial charge on any atom is -0.496 e. The Hall–Kier alpha value is -1.40. The summed E-state index contributed by atoms with van der Waals surface area (Å²) < 4.78 is 7.24. The SMILES string of the molecule is COc1ccc(Cl)cc1CSc1nnc(N)n1C(C)C. The maximum absolute atomic E-state index is 6.02. The van der Waals surface area contributed by atoms with Gasteiger partial charge in [-0.2, -0.15) is 0 Å². The molecule has 1 aromatic heterocycles. The highest BCUT2D eigenvalue weighted by Gasteiger charge is 2.14. The van der Waals surface area contributed by atoms with Gasteiger partial charge in [-0.1, -0.05) is 23.4 Å². The molecule has 2 aromatic rings. The molecule has 7 heteroatoms. The normalized spacial score (nSPS) is 11.1. The zero-order valence-electron chi connectivity index (χ0n) is 11.6. The summed E-state index contributed by atoms with van der Waals surface area (Å²) in [4.78, 5) is 0. The second-order valence-electron chi connectivity index (χ2n) is 4.55. The average molecular weight is 313 g/mol. The number of aromatic nitrogens is 3. The van der Waals surface area contributed by atoms with Gasteiger partial charge in [0.2, 0.25) is 5.95 Å². The molecule has 0 unspecified atom stereocenters. The highest BCUT2D eigenvalue weighted by Crippen LogP contribution is 2.31. The van der Waals surface area contributed by atoms with E-state index in [1.54, 1.807) is 18.9 Å². The molecule has 0 atom stereocenters. The van der Waals surface area contributed by atoms with E-state index < -0.39 is 0 Å². The first-order valence-electron chi connectivity index (χ1n) is 6.18. The molecule has 0 aliphatic carbocycles. The Morgan fingerprint density at radius 2 is 2.15 bits per heavy atom. The number of rotatable bonds is 5. The molecule has 108 valence electrons. The topological polar surface area (TPSA) is 66.0 Å². The van der Waals surface area contributed by atoms with E-state index in [-0.39, 0.29) is 6.04 Å². The van der Waals surface area contributed by atoms with E-state index >= 15 is 0 Å². The zero-order chi connectivity index (χ0) is 14.7. The molecule has 0 aliphatic heterocycles. The van der Waals surface area contributed by atoms with Crippen LogP contribution in [-0.2, 0) is 5.75 Å². The van der Waals surface area contributed by atoms with Crippen LogP contribution in [0, 0.1) is 0 Å². The molecular weight excluding hydrogens is 296 g/mol. The molecule has 0 saturated heterocycles. The van der Waals surface area contributed by atoms with E-state index in [1.165, 1.54) is 0 Å². The van der Waals surface area contributed by atoms with E-state index in [0.717, 1.165) is 16.5 Å². The summed E-state index contributed by atoms with van der Waals surface area (Å²) >= 11 is 7.58. The molecule has 0 radical (unpaired) electrons. The Labute approximate surface area is 127 Å². The Morgan fingerprint density at radius 1 is 1.40 bits per heavy atom. The van der Waals surface area contributed by atoms with Crippen LogP contribution in [0.5, 0.6) is 5.75 Å². The molecule has 1 heterocycles. The van der Waals surface area contributed by atoms with Gasteiger partial charge in [-0.05, 0) is 32.0 Å². The minimum atomic E-state index is 0.216. The molecule has 5 nitrogen and oxygen atoms in total. The number of anilines is 1. The van der Waals surface area contributed by atoms with Crippen LogP contribution in [0.3, 0.4) is 0 Å². The fourth-order valence-electron chi connectivity index (χ4n) is 1.87. The number of hydrogen-bond donors (Lipinski definition) is 1. The number of benzene rings is 1. The molecule has 20 heavy (non-hydrogen) atoms. The predicted octanol–water partition coefficient (Wildman–Crippen LogP) is 3.40. The summed E-state index contributed by atoms with van der Waals surface area (Å²) in [5.41, 5.74) is 6.84. The number of nitrogens with two attached hydrogens (primary N) is 1. The lowest BCUT2D eigenvalue weighted by molar-refractivity contribution is 0.411. The maximum Gasteiger partial charge on any atom is 0.222 e. The van der Waals surface area contributed by atoms with Crippen molar-refractivity contribution in [1.29, 1.82) is 0 Å². The number of nitrogen functional groups attached to an aromatic ring is 1. The number of hydrogen-bond acceptors (Lipinski definition) is 5. The van der Waals surface area contributed by atoms with Crippen LogP contribution in [0.15, 0.2) is 23.4 Å². The summed E-state index contributed by atoms with van der Waals surface area (Å²) in [6.45, 7) is 4.09. The van der Waals surface area contributed by atoms with Gasteiger partial charge in [-0.25, -0.2) is 0 Å². The fourth-order valence-corrected chi connectivity index (χ4v) is 3.12. The van der Waals surface area contributed by atoms with E-state index in [9.17, 15) is 0 Å². The third kappa shape index (κ3) is 3.19. The van der Waals surface area contributed by atoms with Crippen LogP contribution in [0.1, 0.15) is 25.5 Å². The third-order valence-corrected chi connectivity index (χ3v) is 4.03. The van der Waals surface area contributed by atoms with E-state index in [0.29, 0.717) is 16.7 Å². The number of halogens is 1. The minimum absolute atomic E-state index is 0.216. The van der Waals surface area contributed by atoms with Gasteiger partial charge in [0.1, 0.15) is 5.75 Å². The lowest BCUT2D eigenvalue weighted by atomic mass is 10.2. The van der Waals surface area contributed by atoms with E-state index in [1.807, 2.05) is 36.6 Å². The standard InChI is InChI=1S/C13H17ClN4OS/c1-8(2)18-12(15)16-17-13(18)20-7-9-6-10(14)4-5-11(9)19-3/h4-6,8H,7H2,1-3H3,(H2,15,16). The summed E-state index contributed by atoms with van der Waals surface area (Å²) in [5, 5.41) is 9.51. The Bertz CT molecular complexity index is 600. The van der Waals surface area contributed by atoms with Gasteiger partial charge in [0.15, 0.2) is 5.16 Å². The van der Waals surface area contributed by atoms with E-state index in [2.05, 4.69) is 10.2 Å². The lowest BCUT2D eigenvalue weighted by Crippen LogP contribution is -2.07. The van der Waals surface area contributed by atoms with Crippen LogP contribution in [-0.4, -0.2) is 21.9 Å². The monoisotopic (exact) mass is 312 g/mol. The molecule has 2 rings (SSSR count). The molecular formula is C13H17ClN4OS. The molecule has 0 amide bonds. The van der Waals surface area contributed by atoms with Crippen LogP contribution >= 0.6 is 23.4 Å². The van der Waals surface area contributed by atoms with Gasteiger partial charge in [0, 0.05) is 22.4 Å². The van der Waals surface area contributed by atoms with Gasteiger partial charge < -0.3 is 10.5 Å². The predicted molar refractivity (Wildman–Crippen MR) is 82.4 cm³/mol. The van der Waals surface area contributed by atoms with Crippen molar-refractivity contribution in [2.75, 3.05) is 12.8 Å². The highest BCUT2D eigenvalue weighted by atomic mass is 35.5. The van der Waals surface area contributed by atoms with Gasteiger partial charge in [-0.15, -0.1) is 10.2 Å². The second-order valence-corrected chi connectivity index (χ2v) is 5.93. The van der Waals surface area contributed by atoms with Gasteiger partial charge in [0.25, 0.3) is 0 Å². The first kappa shape index (κ1) is 15.0. The molecule has 1 aromatic carbocycles. The molecule has 0 saturated carbocycles. The zero-order valence-corrected chi connectivity index (χ0v) is 13.2. The summed E-state index contributed by atoms with van der Waals surface area (Å²) in [5.74, 6) is 1.93. The fraction of sp³-hybridized carbons (Fsp3) is 0.385. The van der Waals surface area contributed by atoms with Crippen molar-refractivity contribution in [3.05, 3.63) is 28.8 Å². The average Bonchev–Trinajstić information content (AvgIpc) is 2.77. The van der Waals surface area contributed by atoms with Crippen molar-refractivity contribution < 1.29 is 4.74 Å². The van der Waals surface area contributed by atoms with Crippen LogP contribution < -0.4 is 10.5 Å². The molecule has 0 spiro atoms. The summed E-state index contributed by atoms with van der Waals surface area (Å²) in [6.07, 6.45) is 0. The van der Waals surface area contributed by atoms with Crippen LogP contribution in [0.2, 0.25) is 5.02 Å². The Balaban J connectivity index is 2.19. The number of ether oxygens (including phenoxy) is 1. The van der Waals surface area contributed by atoms with E-state index in [4.69, 9.17) is 22.1 Å². The third-order valence-electron chi connectivity index (χ3n) is 2.81. The van der Waals surface area contributed by atoms with Gasteiger partial charge in [0.05, 0.1) is 7.11 Å². The van der Waals surface area contributed by atoms with Crippen molar-refractivity contribution in [2.45, 2.75) is 30.8 Å². The first-order chi connectivity index (χ1) is 9.52. The smallest absolute Gasteiger partial charge is 0.222 e. The quantitative estimate of drug-likeness (QED) is 0.857. The lowest BCUT2D eigenvalue weighted by Gasteiger charge is -2.12. The highest BCUT2D eigenvalue weighted by molar-refractivity contribution is 7.98. The number of nitrogens with zero attached hydrogens (tertiary/aromatic N) is 3. The number of thioether (sulfide) groups is 1. The van der Waals surface area contributed by atoms with Crippen molar-refractivity contribution in [1.82, 2.24) is 14.8 Å². The Morgan fingerprint density at radius 3 is 2.80 bits per heavy atom. The van der Waals surface area contributed by atoms with Crippen LogP contribution in [0.4, 0.5) is 5.95 Å². The second kappa shape index (κ2) is 6.37. The largest absolute Gasteiger partial charge is 0.496 e. The number of methoxy groups -OCH3 is 1.